The Balaban J connectivity index is 2.36. The summed E-state index contributed by atoms with van der Waals surface area (Å²) in [6.45, 7) is 0. The second-order valence-electron chi connectivity index (χ2n) is 2.86. The highest BCUT2D eigenvalue weighted by Gasteiger charge is 2.26. The third kappa shape index (κ3) is 0.942. The van der Waals surface area contributed by atoms with Gasteiger partial charge >= 0.3 is 0 Å². The number of nitrogens with two attached hydrogens (primary N) is 1. The topological polar surface area (TPSA) is 26.0 Å². The Morgan fingerprint density at radius 3 is 2.82 bits per heavy atom. The van der Waals surface area contributed by atoms with E-state index in [4.69, 9.17) is 18.0 Å². The van der Waals surface area contributed by atoms with Gasteiger partial charge in [0.05, 0.1) is 4.99 Å². The summed E-state index contributed by atoms with van der Waals surface area (Å²) in [5, 5.41) is 0. The highest BCUT2D eigenvalue weighted by Crippen LogP contribution is 2.34. The molecule has 0 aromatic heterocycles. The van der Waals surface area contributed by atoms with Crippen molar-refractivity contribution in [2.45, 2.75) is 12.3 Å². The Bertz CT molecular complexity index is 306. The molecule has 1 nitrogen and oxygen atoms in total. The lowest BCUT2D eigenvalue weighted by molar-refractivity contribution is 0.772. The molecule has 56 valence electrons. The summed E-state index contributed by atoms with van der Waals surface area (Å²) in [5.41, 5.74) is 8.26. The standard InChI is InChI=1S/C9H9NS/c10-9(11)8-5-6-3-1-2-4-7(6)8/h1-4,8H,5H2,(H2,10,11). The van der Waals surface area contributed by atoms with Crippen molar-refractivity contribution < 1.29 is 0 Å². The summed E-state index contributed by atoms with van der Waals surface area (Å²) in [4.78, 5) is 0.628. The van der Waals surface area contributed by atoms with Crippen LogP contribution in [0.15, 0.2) is 24.3 Å². The number of hydrogen-bond acceptors (Lipinski definition) is 1. The number of fused-ring (bicyclic) bond motifs is 1. The van der Waals surface area contributed by atoms with Crippen molar-refractivity contribution in [3.63, 3.8) is 0 Å². The van der Waals surface area contributed by atoms with E-state index in [1.54, 1.807) is 0 Å². The van der Waals surface area contributed by atoms with Gasteiger partial charge in [-0.1, -0.05) is 36.5 Å². The minimum absolute atomic E-state index is 0.348. The van der Waals surface area contributed by atoms with Crippen molar-refractivity contribution in [1.29, 1.82) is 0 Å². The maximum absolute atomic E-state index is 5.54. The van der Waals surface area contributed by atoms with Crippen LogP contribution in [0.25, 0.3) is 0 Å². The molecule has 1 aliphatic carbocycles. The van der Waals surface area contributed by atoms with E-state index in [1.807, 2.05) is 6.07 Å². The fourth-order valence-electron chi connectivity index (χ4n) is 1.51. The van der Waals surface area contributed by atoms with Crippen LogP contribution in [-0.2, 0) is 6.42 Å². The van der Waals surface area contributed by atoms with E-state index >= 15 is 0 Å². The van der Waals surface area contributed by atoms with E-state index in [0.717, 1.165) is 6.42 Å². The molecule has 0 saturated heterocycles. The first-order valence-electron chi connectivity index (χ1n) is 3.66. The van der Waals surface area contributed by atoms with Crippen molar-refractivity contribution in [3.05, 3.63) is 35.4 Å². The van der Waals surface area contributed by atoms with E-state index < -0.39 is 0 Å². The lowest BCUT2D eigenvalue weighted by atomic mass is 9.78. The summed E-state index contributed by atoms with van der Waals surface area (Å²) < 4.78 is 0. The number of hydrogen-bond donors (Lipinski definition) is 1. The van der Waals surface area contributed by atoms with Gasteiger partial charge in [-0.2, -0.15) is 0 Å². The van der Waals surface area contributed by atoms with Crippen LogP contribution in [0.5, 0.6) is 0 Å². The zero-order valence-corrected chi connectivity index (χ0v) is 6.90. The van der Waals surface area contributed by atoms with Crippen LogP contribution >= 0.6 is 12.2 Å². The van der Waals surface area contributed by atoms with Gasteiger partial charge in [0, 0.05) is 5.92 Å². The first-order valence-corrected chi connectivity index (χ1v) is 4.07. The number of thiocarbonyl (C=S) groups is 1. The van der Waals surface area contributed by atoms with Crippen molar-refractivity contribution in [3.8, 4) is 0 Å². The Morgan fingerprint density at radius 2 is 2.18 bits per heavy atom. The second kappa shape index (κ2) is 2.31. The van der Waals surface area contributed by atoms with Crippen LogP contribution < -0.4 is 5.73 Å². The largest absolute Gasteiger partial charge is 0.393 e. The van der Waals surface area contributed by atoms with Gasteiger partial charge in [0.1, 0.15) is 0 Å². The molecule has 0 saturated carbocycles. The van der Waals surface area contributed by atoms with Gasteiger partial charge in [-0.15, -0.1) is 0 Å². The predicted octanol–water partition coefficient (Wildman–Crippen LogP) is 1.61. The molecular formula is C9H9NS. The third-order valence-corrected chi connectivity index (χ3v) is 2.48. The van der Waals surface area contributed by atoms with Crippen molar-refractivity contribution in [2.75, 3.05) is 0 Å². The van der Waals surface area contributed by atoms with Gasteiger partial charge in [0.15, 0.2) is 0 Å². The zero-order chi connectivity index (χ0) is 7.84. The smallest absolute Gasteiger partial charge is 0.0806 e. The van der Waals surface area contributed by atoms with Crippen molar-refractivity contribution in [1.82, 2.24) is 0 Å². The Morgan fingerprint density at radius 1 is 1.45 bits per heavy atom. The lowest BCUT2D eigenvalue weighted by Crippen LogP contribution is -2.29. The monoisotopic (exact) mass is 163 g/mol. The van der Waals surface area contributed by atoms with E-state index in [1.165, 1.54) is 11.1 Å². The fourth-order valence-corrected chi connectivity index (χ4v) is 1.72. The van der Waals surface area contributed by atoms with Crippen molar-refractivity contribution in [2.24, 2.45) is 5.73 Å². The molecule has 1 unspecified atom stereocenters. The van der Waals surface area contributed by atoms with Crippen LogP contribution in [-0.4, -0.2) is 4.99 Å². The van der Waals surface area contributed by atoms with E-state index in [0.29, 0.717) is 10.9 Å². The predicted molar refractivity (Wildman–Crippen MR) is 49.7 cm³/mol. The van der Waals surface area contributed by atoms with Crippen molar-refractivity contribution >= 4 is 17.2 Å². The summed E-state index contributed by atoms with van der Waals surface area (Å²) in [6, 6.07) is 8.31. The molecule has 2 rings (SSSR count). The van der Waals surface area contributed by atoms with Gasteiger partial charge < -0.3 is 5.73 Å². The molecule has 2 heteroatoms. The van der Waals surface area contributed by atoms with E-state index in [9.17, 15) is 0 Å². The van der Waals surface area contributed by atoms with E-state index in [-0.39, 0.29) is 0 Å². The molecule has 1 aliphatic rings. The molecule has 0 heterocycles. The summed E-state index contributed by atoms with van der Waals surface area (Å²) in [6.07, 6.45) is 1.03. The SMILES string of the molecule is NC(=S)C1Cc2ccccc21. The quantitative estimate of drug-likeness (QED) is 0.636. The second-order valence-corrected chi connectivity index (χ2v) is 3.33. The number of rotatable bonds is 1. The molecule has 11 heavy (non-hydrogen) atoms. The first-order chi connectivity index (χ1) is 5.29. The summed E-state index contributed by atoms with van der Waals surface area (Å²) in [5.74, 6) is 0.348. The Kier molecular flexibility index (Phi) is 1.43. The maximum atomic E-state index is 5.54. The minimum atomic E-state index is 0.348. The molecule has 1 aromatic rings. The van der Waals surface area contributed by atoms with Gasteiger partial charge in [0.25, 0.3) is 0 Å². The van der Waals surface area contributed by atoms with Gasteiger partial charge in [-0.05, 0) is 17.5 Å². The molecule has 2 N–H and O–H groups in total. The zero-order valence-electron chi connectivity index (χ0n) is 6.08. The highest BCUT2D eigenvalue weighted by atomic mass is 32.1. The fraction of sp³-hybridized carbons (Fsp3) is 0.222. The van der Waals surface area contributed by atoms with Crippen LogP contribution in [0.1, 0.15) is 17.0 Å². The lowest BCUT2D eigenvalue weighted by Gasteiger charge is -2.28. The molecule has 0 spiro atoms. The molecule has 0 radical (unpaired) electrons. The van der Waals surface area contributed by atoms with Gasteiger partial charge in [-0.3, -0.25) is 0 Å². The van der Waals surface area contributed by atoms with Crippen LogP contribution in [0.3, 0.4) is 0 Å². The molecule has 1 aromatic carbocycles. The average Bonchev–Trinajstić information content (AvgIpc) is 1.90. The Labute approximate surface area is 71.2 Å². The first kappa shape index (κ1) is 6.80. The molecule has 0 aliphatic heterocycles. The summed E-state index contributed by atoms with van der Waals surface area (Å²) >= 11 is 4.92. The van der Waals surface area contributed by atoms with Crippen LogP contribution in [0.2, 0.25) is 0 Å². The van der Waals surface area contributed by atoms with Gasteiger partial charge in [0.2, 0.25) is 0 Å². The minimum Gasteiger partial charge on any atom is -0.393 e. The molecule has 0 amide bonds. The van der Waals surface area contributed by atoms with Crippen LogP contribution in [0.4, 0.5) is 0 Å². The number of benzene rings is 1. The van der Waals surface area contributed by atoms with E-state index in [2.05, 4.69) is 18.2 Å². The highest BCUT2D eigenvalue weighted by molar-refractivity contribution is 7.80. The molecule has 0 bridgehead atoms. The van der Waals surface area contributed by atoms with Crippen LogP contribution in [0, 0.1) is 0 Å². The molecular weight excluding hydrogens is 154 g/mol. The molecule has 0 fully saturated rings. The average molecular weight is 163 g/mol. The summed E-state index contributed by atoms with van der Waals surface area (Å²) in [7, 11) is 0. The Hall–Kier alpha value is -0.890. The van der Waals surface area contributed by atoms with Gasteiger partial charge in [-0.25, -0.2) is 0 Å². The normalized spacial score (nSPS) is 20.2. The maximum Gasteiger partial charge on any atom is 0.0806 e. The molecule has 1 atom stereocenters. The third-order valence-electron chi connectivity index (χ3n) is 2.20.